The number of carbonyl (C=O) groups excluding carboxylic acids is 1. The van der Waals surface area contributed by atoms with Gasteiger partial charge in [0.2, 0.25) is 0 Å². The second-order valence-corrected chi connectivity index (χ2v) is 4.70. The standard InChI is InChI=1S/C13H8BrF3N2O/c14-12-6(2-1-3-10(12)18)13(20)19-11-5-8(16)7(15)4-9(11)17/h1-5H,18H2,(H,19,20). The van der Waals surface area contributed by atoms with Crippen LogP contribution in [0.5, 0.6) is 0 Å². The summed E-state index contributed by atoms with van der Waals surface area (Å²) in [6.45, 7) is 0. The number of nitrogen functional groups attached to an aromatic ring is 1. The molecule has 104 valence electrons. The van der Waals surface area contributed by atoms with Gasteiger partial charge in [-0.05, 0) is 28.1 Å². The Morgan fingerprint density at radius 1 is 1.10 bits per heavy atom. The Balaban J connectivity index is 2.33. The molecule has 0 atom stereocenters. The zero-order valence-electron chi connectivity index (χ0n) is 9.88. The number of carbonyl (C=O) groups is 1. The first-order valence-corrected chi connectivity index (χ1v) is 6.19. The van der Waals surface area contributed by atoms with Gasteiger partial charge in [0.25, 0.3) is 5.91 Å². The highest BCUT2D eigenvalue weighted by molar-refractivity contribution is 9.10. The van der Waals surface area contributed by atoms with E-state index in [1.54, 1.807) is 6.07 Å². The van der Waals surface area contributed by atoms with E-state index in [1.165, 1.54) is 12.1 Å². The number of nitrogens with one attached hydrogen (secondary N) is 1. The maximum atomic E-state index is 13.4. The second kappa shape index (κ2) is 5.54. The Labute approximate surface area is 120 Å². The van der Waals surface area contributed by atoms with Crippen LogP contribution in [0.2, 0.25) is 0 Å². The largest absolute Gasteiger partial charge is 0.398 e. The number of rotatable bonds is 2. The highest BCUT2D eigenvalue weighted by Crippen LogP contribution is 2.25. The van der Waals surface area contributed by atoms with Crippen molar-refractivity contribution in [1.29, 1.82) is 0 Å². The molecule has 20 heavy (non-hydrogen) atoms. The van der Waals surface area contributed by atoms with E-state index < -0.39 is 29.0 Å². The Morgan fingerprint density at radius 3 is 2.45 bits per heavy atom. The molecule has 2 rings (SSSR count). The fourth-order valence-corrected chi connectivity index (χ4v) is 1.98. The summed E-state index contributed by atoms with van der Waals surface area (Å²) >= 11 is 3.13. The minimum Gasteiger partial charge on any atom is -0.398 e. The molecule has 0 radical (unpaired) electrons. The Hall–Kier alpha value is -2.02. The lowest BCUT2D eigenvalue weighted by molar-refractivity contribution is 0.102. The predicted octanol–water partition coefficient (Wildman–Crippen LogP) is 3.70. The maximum Gasteiger partial charge on any atom is 0.256 e. The number of halogens is 4. The molecule has 0 bridgehead atoms. The number of hydrogen-bond acceptors (Lipinski definition) is 2. The van der Waals surface area contributed by atoms with Crippen LogP contribution in [0, 0.1) is 17.5 Å². The molecule has 0 unspecified atom stereocenters. The van der Waals surface area contributed by atoms with Crippen LogP contribution in [-0.2, 0) is 0 Å². The highest BCUT2D eigenvalue weighted by Gasteiger charge is 2.16. The van der Waals surface area contributed by atoms with Gasteiger partial charge in [-0.2, -0.15) is 0 Å². The molecule has 2 aromatic carbocycles. The van der Waals surface area contributed by atoms with Crippen LogP contribution in [0.15, 0.2) is 34.8 Å². The van der Waals surface area contributed by atoms with Crippen molar-refractivity contribution in [3.8, 4) is 0 Å². The minimum atomic E-state index is -1.33. The third kappa shape index (κ3) is 2.77. The average molecular weight is 345 g/mol. The van der Waals surface area contributed by atoms with Gasteiger partial charge in [0, 0.05) is 17.8 Å². The molecule has 0 spiro atoms. The van der Waals surface area contributed by atoms with E-state index in [2.05, 4.69) is 21.2 Å². The molecule has 0 aliphatic heterocycles. The van der Waals surface area contributed by atoms with Gasteiger partial charge in [0.05, 0.1) is 15.7 Å². The van der Waals surface area contributed by atoms with E-state index in [-0.39, 0.29) is 5.56 Å². The molecule has 7 heteroatoms. The average Bonchev–Trinajstić information content (AvgIpc) is 2.39. The molecule has 0 saturated heterocycles. The van der Waals surface area contributed by atoms with Crippen molar-refractivity contribution in [3.05, 3.63) is 57.8 Å². The number of benzene rings is 2. The van der Waals surface area contributed by atoms with Gasteiger partial charge in [-0.15, -0.1) is 0 Å². The molecule has 0 aliphatic carbocycles. The van der Waals surface area contributed by atoms with E-state index in [1.807, 2.05) is 0 Å². The summed E-state index contributed by atoms with van der Waals surface area (Å²) in [4.78, 5) is 12.0. The molecule has 0 heterocycles. The summed E-state index contributed by atoms with van der Waals surface area (Å²) < 4.78 is 39.6. The van der Waals surface area contributed by atoms with Gasteiger partial charge < -0.3 is 11.1 Å². The third-order valence-electron chi connectivity index (χ3n) is 2.53. The van der Waals surface area contributed by atoms with E-state index in [9.17, 15) is 18.0 Å². The van der Waals surface area contributed by atoms with Crippen LogP contribution < -0.4 is 11.1 Å². The van der Waals surface area contributed by atoms with E-state index in [4.69, 9.17) is 5.73 Å². The first-order valence-electron chi connectivity index (χ1n) is 5.40. The number of anilines is 2. The molecule has 1 amide bonds. The molecular formula is C13H8BrF3N2O. The van der Waals surface area contributed by atoms with E-state index in [0.717, 1.165) is 0 Å². The molecule has 3 nitrogen and oxygen atoms in total. The van der Waals surface area contributed by atoms with Crippen LogP contribution in [0.25, 0.3) is 0 Å². The summed E-state index contributed by atoms with van der Waals surface area (Å²) in [5.41, 5.74) is 5.63. The van der Waals surface area contributed by atoms with E-state index >= 15 is 0 Å². The number of amides is 1. The Morgan fingerprint density at radius 2 is 1.75 bits per heavy atom. The molecule has 0 fully saturated rings. The van der Waals surface area contributed by atoms with Crippen molar-refractivity contribution < 1.29 is 18.0 Å². The summed E-state index contributed by atoms with van der Waals surface area (Å²) in [7, 11) is 0. The lowest BCUT2D eigenvalue weighted by atomic mass is 10.2. The van der Waals surface area contributed by atoms with Gasteiger partial charge in [0.1, 0.15) is 5.82 Å². The maximum absolute atomic E-state index is 13.4. The number of nitrogens with two attached hydrogens (primary N) is 1. The molecule has 0 aromatic heterocycles. The van der Waals surface area contributed by atoms with E-state index in [0.29, 0.717) is 22.3 Å². The van der Waals surface area contributed by atoms with Gasteiger partial charge in [-0.25, -0.2) is 13.2 Å². The minimum absolute atomic E-state index is 0.147. The SMILES string of the molecule is Nc1cccc(C(=O)Nc2cc(F)c(F)cc2F)c1Br. The lowest BCUT2D eigenvalue weighted by Gasteiger charge is -2.09. The van der Waals surface area contributed by atoms with Crippen LogP contribution in [0.3, 0.4) is 0 Å². The molecule has 0 saturated carbocycles. The Kier molecular flexibility index (Phi) is 3.99. The monoisotopic (exact) mass is 344 g/mol. The van der Waals surface area contributed by atoms with Crippen molar-refractivity contribution in [2.75, 3.05) is 11.1 Å². The molecule has 2 aromatic rings. The quantitative estimate of drug-likeness (QED) is 0.644. The first-order chi connectivity index (χ1) is 9.40. The van der Waals surface area contributed by atoms with Crippen LogP contribution in [0.1, 0.15) is 10.4 Å². The topological polar surface area (TPSA) is 55.1 Å². The summed E-state index contributed by atoms with van der Waals surface area (Å²) in [6.07, 6.45) is 0. The Bertz CT molecular complexity index is 692. The fraction of sp³-hybridized carbons (Fsp3) is 0. The molecule has 0 aliphatic rings. The van der Waals surface area contributed by atoms with Crippen LogP contribution in [0.4, 0.5) is 24.5 Å². The summed E-state index contributed by atoms with van der Waals surface area (Å²) in [5, 5.41) is 2.16. The van der Waals surface area contributed by atoms with Crippen LogP contribution >= 0.6 is 15.9 Å². The third-order valence-corrected chi connectivity index (χ3v) is 3.42. The van der Waals surface area contributed by atoms with Gasteiger partial charge >= 0.3 is 0 Å². The summed E-state index contributed by atoms with van der Waals surface area (Å²) in [5.74, 6) is -4.36. The second-order valence-electron chi connectivity index (χ2n) is 3.91. The lowest BCUT2D eigenvalue weighted by Crippen LogP contribution is -2.14. The van der Waals surface area contributed by atoms with Gasteiger partial charge in [-0.1, -0.05) is 6.07 Å². The zero-order chi connectivity index (χ0) is 14.9. The number of hydrogen-bond donors (Lipinski definition) is 2. The highest BCUT2D eigenvalue weighted by atomic mass is 79.9. The predicted molar refractivity (Wildman–Crippen MR) is 72.8 cm³/mol. The van der Waals surface area contributed by atoms with Crippen molar-refractivity contribution >= 4 is 33.2 Å². The van der Waals surface area contributed by atoms with Crippen molar-refractivity contribution in [3.63, 3.8) is 0 Å². The van der Waals surface area contributed by atoms with Crippen molar-refractivity contribution in [1.82, 2.24) is 0 Å². The summed E-state index contributed by atoms with van der Waals surface area (Å²) in [6, 6.07) is 5.49. The van der Waals surface area contributed by atoms with Gasteiger partial charge in [-0.3, -0.25) is 4.79 Å². The molecular weight excluding hydrogens is 337 g/mol. The van der Waals surface area contributed by atoms with Crippen LogP contribution in [-0.4, -0.2) is 5.91 Å². The normalized spacial score (nSPS) is 10.4. The first kappa shape index (κ1) is 14.4. The molecule has 3 N–H and O–H groups in total. The van der Waals surface area contributed by atoms with Gasteiger partial charge in [0.15, 0.2) is 11.6 Å². The fourth-order valence-electron chi connectivity index (χ4n) is 1.53. The van der Waals surface area contributed by atoms with Crippen molar-refractivity contribution in [2.24, 2.45) is 0 Å². The van der Waals surface area contributed by atoms with Crippen molar-refractivity contribution in [2.45, 2.75) is 0 Å². The smallest absolute Gasteiger partial charge is 0.256 e. The zero-order valence-corrected chi connectivity index (χ0v) is 11.5.